The minimum absolute atomic E-state index is 0. The fraction of sp³-hybridized carbons (Fsp3) is 0.800. The van der Waals surface area contributed by atoms with Gasteiger partial charge in [0.15, 0.2) is 0 Å². The maximum atomic E-state index is 10.3. The number of hydrogen-bond donors (Lipinski definition) is 1. The van der Waals surface area contributed by atoms with Crippen LogP contribution in [0.4, 0.5) is 0 Å². The van der Waals surface area contributed by atoms with E-state index in [0.29, 0.717) is 6.42 Å². The van der Waals surface area contributed by atoms with E-state index in [1.165, 1.54) is 0 Å². The van der Waals surface area contributed by atoms with Crippen molar-refractivity contribution in [3.63, 3.8) is 0 Å². The average molecular weight is 104 g/mol. The highest BCUT2D eigenvalue weighted by Crippen LogP contribution is 1.82. The van der Waals surface area contributed by atoms with Crippen LogP contribution in [0, 0.1) is 0 Å². The lowest BCUT2D eigenvalue weighted by Gasteiger charge is -1.91. The number of amides is 1. The van der Waals surface area contributed by atoms with Gasteiger partial charge in [0.05, 0.1) is 0 Å². The summed E-state index contributed by atoms with van der Waals surface area (Å²) in [6.45, 7) is 1.98. The smallest absolute Gasteiger partial charge is 0.219 e. The van der Waals surface area contributed by atoms with Crippen molar-refractivity contribution in [2.75, 3.05) is 7.05 Å². The Morgan fingerprint density at radius 1 is 1.86 bits per heavy atom. The molecule has 0 aliphatic rings. The van der Waals surface area contributed by atoms with Crippen molar-refractivity contribution in [2.24, 2.45) is 0 Å². The predicted molar refractivity (Wildman–Crippen MR) is 31.1 cm³/mol. The molecule has 0 spiro atoms. The van der Waals surface area contributed by atoms with E-state index in [4.69, 9.17) is 0 Å². The molecule has 0 aromatic carbocycles. The summed E-state index contributed by atoms with van der Waals surface area (Å²) in [5.41, 5.74) is 0. The Labute approximate surface area is 45.4 Å². The Balaban J connectivity index is 0. The molecule has 0 saturated heterocycles. The third kappa shape index (κ3) is 3.30. The molecule has 44 valence electrons. The first kappa shape index (κ1) is 6.47. The molecular weight excluding hydrogens is 90.1 g/mol. The topological polar surface area (TPSA) is 29.1 Å². The highest BCUT2D eigenvalue weighted by molar-refractivity contribution is 5.75. The monoisotopic (exact) mass is 104 g/mol. The first-order valence-electron chi connectivity index (χ1n) is 2.51. The lowest BCUT2D eigenvalue weighted by molar-refractivity contribution is -0.120. The van der Waals surface area contributed by atoms with Gasteiger partial charge in [-0.25, -0.2) is 0 Å². The van der Waals surface area contributed by atoms with Gasteiger partial charge in [-0.1, -0.05) is 6.92 Å². The van der Waals surface area contributed by atoms with E-state index in [1.807, 2.05) is 6.92 Å². The van der Waals surface area contributed by atoms with E-state index in [9.17, 15) is 4.79 Å². The quantitative estimate of drug-likeness (QED) is 0.551. The maximum Gasteiger partial charge on any atom is 0.219 e. The summed E-state index contributed by atoms with van der Waals surface area (Å²) in [6.07, 6.45) is 1.58. The molecule has 0 aliphatic heterocycles. The fourth-order valence-corrected chi connectivity index (χ4v) is 0.352. The predicted octanol–water partition coefficient (Wildman–Crippen LogP) is 0.778. The van der Waals surface area contributed by atoms with Crippen LogP contribution in [0.5, 0.6) is 0 Å². The summed E-state index contributed by atoms with van der Waals surface area (Å²) in [5, 5.41) is 2.53. The summed E-state index contributed by atoms with van der Waals surface area (Å²) < 4.78 is 0. The molecule has 1 amide bonds. The van der Waals surface area contributed by atoms with Crippen LogP contribution in [-0.2, 0) is 4.79 Å². The highest BCUT2D eigenvalue weighted by Gasteiger charge is 1.89. The SMILES string of the molecule is CCCC(=O)NC.[2HH]. The molecule has 2 nitrogen and oxygen atoms in total. The third-order valence-electron chi connectivity index (χ3n) is 0.756. The van der Waals surface area contributed by atoms with Crippen molar-refractivity contribution in [1.29, 1.82) is 0 Å². The summed E-state index contributed by atoms with van der Waals surface area (Å²) >= 11 is 0. The van der Waals surface area contributed by atoms with Gasteiger partial charge in [0.1, 0.15) is 0 Å². The van der Waals surface area contributed by atoms with Crippen molar-refractivity contribution < 1.29 is 6.22 Å². The second-order valence-electron chi connectivity index (χ2n) is 1.42. The van der Waals surface area contributed by atoms with Crippen LogP contribution < -0.4 is 5.32 Å². The first-order chi connectivity index (χ1) is 3.31. The van der Waals surface area contributed by atoms with E-state index in [2.05, 4.69) is 5.32 Å². The maximum absolute atomic E-state index is 10.3. The van der Waals surface area contributed by atoms with Crippen molar-refractivity contribution in [1.82, 2.24) is 5.32 Å². The molecule has 0 aromatic heterocycles. The Bertz CT molecular complexity index is 65.4. The van der Waals surface area contributed by atoms with Gasteiger partial charge in [-0.05, 0) is 6.42 Å². The van der Waals surface area contributed by atoms with Crippen LogP contribution in [-0.4, -0.2) is 13.0 Å². The molecule has 0 atom stereocenters. The summed E-state index contributed by atoms with van der Waals surface area (Å²) in [4.78, 5) is 10.3. The van der Waals surface area contributed by atoms with Crippen LogP contribution >= 0.6 is 0 Å². The molecule has 0 radical (unpaired) electrons. The van der Waals surface area contributed by atoms with Gasteiger partial charge in [0.2, 0.25) is 5.91 Å². The van der Waals surface area contributed by atoms with Crippen molar-refractivity contribution in [2.45, 2.75) is 19.8 Å². The number of nitrogens with one attached hydrogen (secondary N) is 1. The Morgan fingerprint density at radius 3 is 2.57 bits per heavy atom. The third-order valence-corrected chi connectivity index (χ3v) is 0.756. The summed E-state index contributed by atoms with van der Waals surface area (Å²) in [6, 6.07) is 0. The number of hydrogen-bond acceptors (Lipinski definition) is 1. The fourth-order valence-electron chi connectivity index (χ4n) is 0.352. The van der Waals surface area contributed by atoms with Crippen molar-refractivity contribution >= 4 is 5.91 Å². The molecule has 1 N–H and O–H groups in total. The van der Waals surface area contributed by atoms with E-state index < -0.39 is 0 Å². The van der Waals surface area contributed by atoms with Crippen LogP contribution in [0.2, 0.25) is 0 Å². The largest absolute Gasteiger partial charge is 0.359 e. The van der Waals surface area contributed by atoms with E-state index in [1.54, 1.807) is 7.05 Å². The zero-order chi connectivity index (χ0) is 5.70. The number of carbonyl (C=O) groups excluding carboxylic acids is 1. The molecule has 2 heteroatoms. The van der Waals surface area contributed by atoms with Gasteiger partial charge in [0.25, 0.3) is 0 Å². The first-order valence-corrected chi connectivity index (χ1v) is 2.51. The van der Waals surface area contributed by atoms with Crippen molar-refractivity contribution in [3.8, 4) is 0 Å². The Hall–Kier alpha value is -0.530. The number of carbonyl (C=O) groups is 1. The molecule has 0 heterocycles. The molecule has 0 aliphatic carbocycles. The zero-order valence-corrected chi connectivity index (χ0v) is 4.82. The van der Waals surface area contributed by atoms with E-state index in [0.717, 1.165) is 6.42 Å². The average Bonchev–Trinajstić information content (AvgIpc) is 1.68. The summed E-state index contributed by atoms with van der Waals surface area (Å²) in [5.74, 6) is 0.127. The van der Waals surface area contributed by atoms with E-state index >= 15 is 0 Å². The van der Waals surface area contributed by atoms with Gasteiger partial charge < -0.3 is 5.32 Å². The minimum Gasteiger partial charge on any atom is -0.359 e. The van der Waals surface area contributed by atoms with Crippen LogP contribution in [0.3, 0.4) is 0 Å². The second-order valence-corrected chi connectivity index (χ2v) is 1.42. The van der Waals surface area contributed by atoms with Crippen LogP contribution in [0.25, 0.3) is 0 Å². The molecule has 0 unspecified atom stereocenters. The molecule has 0 aromatic rings. The normalized spacial score (nSPS) is 8.29. The van der Waals surface area contributed by atoms with Gasteiger partial charge >= 0.3 is 0 Å². The zero-order valence-electron chi connectivity index (χ0n) is 4.82. The van der Waals surface area contributed by atoms with Crippen LogP contribution in [0.1, 0.15) is 21.2 Å². The van der Waals surface area contributed by atoms with Gasteiger partial charge in [-0.15, -0.1) is 0 Å². The van der Waals surface area contributed by atoms with Gasteiger partial charge in [-0.2, -0.15) is 0 Å². The van der Waals surface area contributed by atoms with Gasteiger partial charge in [-0.3, -0.25) is 4.79 Å². The number of rotatable bonds is 2. The molecule has 0 saturated carbocycles. The van der Waals surface area contributed by atoms with Crippen molar-refractivity contribution in [3.05, 3.63) is 0 Å². The Kier molecular flexibility index (Phi) is 3.38. The Morgan fingerprint density at radius 2 is 2.43 bits per heavy atom. The second kappa shape index (κ2) is 3.65. The highest BCUT2D eigenvalue weighted by atomic mass is 16.1. The minimum atomic E-state index is 0. The lowest BCUT2D eigenvalue weighted by Crippen LogP contribution is -2.16. The molecular formula is C5H13NO. The molecule has 0 rings (SSSR count). The standard InChI is InChI=1S/C5H11NO.H2/c1-3-4-5(7)6-2;/h3-4H2,1-2H3,(H,6,7);1H/i;1+1. The summed E-state index contributed by atoms with van der Waals surface area (Å²) in [7, 11) is 1.65. The van der Waals surface area contributed by atoms with E-state index in [-0.39, 0.29) is 7.33 Å². The van der Waals surface area contributed by atoms with Gasteiger partial charge in [0, 0.05) is 14.9 Å². The van der Waals surface area contributed by atoms with Crippen LogP contribution in [0.15, 0.2) is 0 Å². The molecule has 0 fully saturated rings. The molecule has 7 heavy (non-hydrogen) atoms. The lowest BCUT2D eigenvalue weighted by atomic mass is 10.3. The molecule has 0 bridgehead atoms.